The summed E-state index contributed by atoms with van der Waals surface area (Å²) in [4.78, 5) is 23.5. The topological polar surface area (TPSA) is 78.9 Å². The van der Waals surface area contributed by atoms with Gasteiger partial charge in [0.1, 0.15) is 6.04 Å². The number of carbonyl (C=O) groups excluding carboxylic acids is 1. The van der Waals surface area contributed by atoms with Gasteiger partial charge in [0.05, 0.1) is 13.2 Å². The molecule has 14 heavy (non-hydrogen) atoms. The van der Waals surface area contributed by atoms with Crippen LogP contribution in [0.25, 0.3) is 0 Å². The van der Waals surface area contributed by atoms with Crippen LogP contribution in [0, 0.1) is 0 Å². The van der Waals surface area contributed by atoms with E-state index in [1.165, 1.54) is 7.11 Å². The molecule has 0 aromatic heterocycles. The molecule has 0 bridgehead atoms. The largest absolute Gasteiger partial charge is 0.480 e. The fourth-order valence-corrected chi connectivity index (χ4v) is 1.42. The van der Waals surface area contributed by atoms with Crippen LogP contribution in [-0.2, 0) is 14.3 Å². The normalized spacial score (nSPS) is 20.2. The summed E-state index contributed by atoms with van der Waals surface area (Å²) in [5, 5.41) is 11.5. The van der Waals surface area contributed by atoms with E-state index >= 15 is 0 Å². The minimum atomic E-state index is -0.957. The molecule has 6 heteroatoms. The van der Waals surface area contributed by atoms with Crippen LogP contribution in [0.2, 0.25) is 0 Å². The van der Waals surface area contributed by atoms with Crippen LogP contribution in [0.15, 0.2) is 0 Å². The highest BCUT2D eigenvalue weighted by Crippen LogP contribution is 2.03. The number of piperazine rings is 1. The molecule has 1 aliphatic rings. The second kappa shape index (κ2) is 4.92. The summed E-state index contributed by atoms with van der Waals surface area (Å²) in [6.45, 7) is 1.27. The molecule has 1 amide bonds. The summed E-state index contributed by atoms with van der Waals surface area (Å²) in [5.74, 6) is -1.10. The molecule has 6 nitrogen and oxygen atoms in total. The highest BCUT2D eigenvalue weighted by Gasteiger charge is 2.29. The maximum atomic E-state index is 11.0. The molecule has 1 heterocycles. The van der Waals surface area contributed by atoms with Gasteiger partial charge in [0.2, 0.25) is 5.91 Å². The first-order valence-electron chi connectivity index (χ1n) is 4.37. The van der Waals surface area contributed by atoms with Gasteiger partial charge in [0, 0.05) is 20.2 Å². The average molecular weight is 202 g/mol. The van der Waals surface area contributed by atoms with Crippen molar-refractivity contribution >= 4 is 11.9 Å². The van der Waals surface area contributed by atoms with Gasteiger partial charge in [-0.15, -0.1) is 0 Å². The molecule has 0 radical (unpaired) electrons. The fourth-order valence-electron chi connectivity index (χ4n) is 1.42. The summed E-state index contributed by atoms with van der Waals surface area (Å²) in [6, 6.07) is -0.731. The SMILES string of the molecule is COCC(C(=O)O)N1CCNC(=O)C1. The number of methoxy groups -OCH3 is 1. The number of carboxylic acid groups (broad SMARTS) is 1. The third kappa shape index (κ3) is 2.68. The number of nitrogens with zero attached hydrogens (tertiary/aromatic N) is 1. The third-order valence-corrected chi connectivity index (χ3v) is 2.12. The Balaban J connectivity index is 2.57. The van der Waals surface area contributed by atoms with Crippen molar-refractivity contribution in [2.45, 2.75) is 6.04 Å². The van der Waals surface area contributed by atoms with E-state index in [0.717, 1.165) is 0 Å². The Bertz CT molecular complexity index is 231. The number of aliphatic carboxylic acids is 1. The smallest absolute Gasteiger partial charge is 0.323 e. The summed E-state index contributed by atoms with van der Waals surface area (Å²) in [7, 11) is 1.44. The molecule has 1 fully saturated rings. The lowest BCUT2D eigenvalue weighted by molar-refractivity contribution is -0.146. The molecule has 0 aromatic carbocycles. The molecule has 1 unspecified atom stereocenters. The number of rotatable bonds is 4. The average Bonchev–Trinajstić information content (AvgIpc) is 2.13. The maximum absolute atomic E-state index is 11.0. The van der Waals surface area contributed by atoms with Crippen LogP contribution in [0.4, 0.5) is 0 Å². The molecule has 1 atom stereocenters. The Kier molecular flexibility index (Phi) is 3.84. The van der Waals surface area contributed by atoms with Crippen molar-refractivity contribution in [3.8, 4) is 0 Å². The molecule has 80 valence electrons. The minimum absolute atomic E-state index is 0.0998. The van der Waals surface area contributed by atoms with Crippen LogP contribution in [-0.4, -0.2) is 61.3 Å². The third-order valence-electron chi connectivity index (χ3n) is 2.12. The number of hydrogen-bond acceptors (Lipinski definition) is 4. The summed E-state index contributed by atoms with van der Waals surface area (Å²) in [5.41, 5.74) is 0. The standard InChI is InChI=1S/C8H14N2O4/c1-14-5-6(8(12)13)10-3-2-9-7(11)4-10/h6H,2-5H2,1H3,(H,9,11)(H,12,13). The molecule has 0 saturated carbocycles. The monoisotopic (exact) mass is 202 g/mol. The summed E-state index contributed by atoms with van der Waals surface area (Å²) >= 11 is 0. The zero-order valence-corrected chi connectivity index (χ0v) is 8.02. The highest BCUT2D eigenvalue weighted by molar-refractivity contribution is 5.80. The van der Waals surface area contributed by atoms with Crippen LogP contribution >= 0.6 is 0 Å². The number of amides is 1. The molecule has 1 saturated heterocycles. The van der Waals surface area contributed by atoms with Gasteiger partial charge in [-0.25, -0.2) is 0 Å². The quantitative estimate of drug-likeness (QED) is 0.581. The number of carbonyl (C=O) groups is 2. The van der Waals surface area contributed by atoms with Crippen molar-refractivity contribution < 1.29 is 19.4 Å². The van der Waals surface area contributed by atoms with Crippen molar-refractivity contribution in [2.75, 3.05) is 33.4 Å². The molecule has 0 aromatic rings. The van der Waals surface area contributed by atoms with Gasteiger partial charge >= 0.3 is 5.97 Å². The Morgan fingerprint density at radius 2 is 2.50 bits per heavy atom. The molecular weight excluding hydrogens is 188 g/mol. The Morgan fingerprint density at radius 1 is 1.79 bits per heavy atom. The van der Waals surface area contributed by atoms with E-state index in [-0.39, 0.29) is 19.1 Å². The Labute approximate surface area is 81.8 Å². The minimum Gasteiger partial charge on any atom is -0.480 e. The van der Waals surface area contributed by atoms with Crippen LogP contribution in [0.5, 0.6) is 0 Å². The van der Waals surface area contributed by atoms with E-state index in [1.54, 1.807) is 4.90 Å². The van der Waals surface area contributed by atoms with Gasteiger partial charge in [-0.1, -0.05) is 0 Å². The Morgan fingerprint density at radius 3 is 3.00 bits per heavy atom. The summed E-state index contributed by atoms with van der Waals surface area (Å²) in [6.07, 6.45) is 0. The van der Waals surface area contributed by atoms with Crippen LogP contribution < -0.4 is 5.32 Å². The van der Waals surface area contributed by atoms with E-state index in [9.17, 15) is 9.59 Å². The van der Waals surface area contributed by atoms with Crippen molar-refractivity contribution in [3.05, 3.63) is 0 Å². The van der Waals surface area contributed by atoms with Gasteiger partial charge in [0.25, 0.3) is 0 Å². The van der Waals surface area contributed by atoms with Crippen molar-refractivity contribution in [2.24, 2.45) is 0 Å². The van der Waals surface area contributed by atoms with E-state index in [0.29, 0.717) is 13.1 Å². The molecule has 1 aliphatic heterocycles. The maximum Gasteiger partial charge on any atom is 0.323 e. The highest BCUT2D eigenvalue weighted by atomic mass is 16.5. The van der Waals surface area contributed by atoms with E-state index in [4.69, 9.17) is 9.84 Å². The number of ether oxygens (including phenoxy) is 1. The van der Waals surface area contributed by atoms with Gasteiger partial charge in [-0.2, -0.15) is 0 Å². The molecular formula is C8H14N2O4. The van der Waals surface area contributed by atoms with E-state index in [2.05, 4.69) is 5.32 Å². The predicted molar refractivity (Wildman–Crippen MR) is 47.9 cm³/mol. The van der Waals surface area contributed by atoms with Crippen LogP contribution in [0.1, 0.15) is 0 Å². The van der Waals surface area contributed by atoms with Gasteiger partial charge in [-0.05, 0) is 0 Å². The van der Waals surface area contributed by atoms with Gasteiger partial charge in [0.15, 0.2) is 0 Å². The molecule has 1 rings (SSSR count). The van der Waals surface area contributed by atoms with Crippen LogP contribution in [0.3, 0.4) is 0 Å². The zero-order chi connectivity index (χ0) is 10.6. The molecule has 2 N–H and O–H groups in total. The van der Waals surface area contributed by atoms with Crippen molar-refractivity contribution in [1.29, 1.82) is 0 Å². The van der Waals surface area contributed by atoms with Crippen molar-refractivity contribution in [3.63, 3.8) is 0 Å². The predicted octanol–water partition coefficient (Wildman–Crippen LogP) is -1.48. The van der Waals surface area contributed by atoms with Gasteiger partial charge in [-0.3, -0.25) is 14.5 Å². The molecule has 0 aliphatic carbocycles. The zero-order valence-electron chi connectivity index (χ0n) is 8.02. The first-order chi connectivity index (χ1) is 6.65. The Hall–Kier alpha value is -1.14. The number of carboxylic acids is 1. The second-order valence-electron chi connectivity index (χ2n) is 3.13. The van der Waals surface area contributed by atoms with Gasteiger partial charge < -0.3 is 15.2 Å². The molecule has 0 spiro atoms. The summed E-state index contributed by atoms with van der Waals surface area (Å²) < 4.78 is 4.80. The van der Waals surface area contributed by atoms with E-state index < -0.39 is 12.0 Å². The first kappa shape index (κ1) is 10.9. The lowest BCUT2D eigenvalue weighted by Gasteiger charge is -2.31. The van der Waals surface area contributed by atoms with Crippen molar-refractivity contribution in [1.82, 2.24) is 10.2 Å². The number of hydrogen-bond donors (Lipinski definition) is 2. The lowest BCUT2D eigenvalue weighted by Crippen LogP contribution is -2.55. The first-order valence-corrected chi connectivity index (χ1v) is 4.37. The second-order valence-corrected chi connectivity index (χ2v) is 3.13. The lowest BCUT2D eigenvalue weighted by atomic mass is 10.2. The van der Waals surface area contributed by atoms with E-state index in [1.807, 2.05) is 0 Å². The fraction of sp³-hybridized carbons (Fsp3) is 0.750. The number of nitrogens with one attached hydrogen (secondary N) is 1.